The largest absolute Gasteiger partial charge is 0.336 e. The van der Waals surface area contributed by atoms with Crippen molar-refractivity contribution in [2.75, 3.05) is 26.2 Å². The van der Waals surface area contributed by atoms with E-state index in [2.05, 4.69) is 33.9 Å². The lowest BCUT2D eigenvalue weighted by atomic mass is 10.1. The number of thiol groups is 1. The monoisotopic (exact) mass is 355 g/mol. The molecule has 2 fully saturated rings. The molecule has 0 aromatic heterocycles. The first-order valence-corrected chi connectivity index (χ1v) is 7.62. The highest BCUT2D eigenvalue weighted by molar-refractivity contribution is 9.10. The van der Waals surface area contributed by atoms with Crippen LogP contribution in [0.1, 0.15) is 10.4 Å². The van der Waals surface area contributed by atoms with Crippen LogP contribution in [0.5, 0.6) is 0 Å². The van der Waals surface area contributed by atoms with E-state index < -0.39 is 0 Å². The van der Waals surface area contributed by atoms with Crippen molar-refractivity contribution in [2.24, 2.45) is 0 Å². The van der Waals surface area contributed by atoms with E-state index >= 15 is 0 Å². The molecule has 3 amide bonds. The van der Waals surface area contributed by atoms with Crippen LogP contribution in [0.2, 0.25) is 0 Å². The average molecular weight is 356 g/mol. The lowest BCUT2D eigenvalue weighted by Crippen LogP contribution is -2.53. The standard InChI is InChI=1S/C13H14BrN3O2S/c14-8-1-2-10(11(20)5-8)12(18)16-3-4-17-9(7-16)6-15-13(17)19/h1-2,5,9,20H,3-4,6-7H2,(H,15,19). The van der Waals surface area contributed by atoms with Crippen molar-refractivity contribution in [1.82, 2.24) is 15.1 Å². The summed E-state index contributed by atoms with van der Waals surface area (Å²) in [7, 11) is 0. The number of fused-ring (bicyclic) bond motifs is 1. The van der Waals surface area contributed by atoms with Gasteiger partial charge in [-0.2, -0.15) is 0 Å². The highest BCUT2D eigenvalue weighted by Gasteiger charge is 2.37. The smallest absolute Gasteiger partial charge is 0.317 e. The molecule has 0 radical (unpaired) electrons. The molecule has 5 nitrogen and oxygen atoms in total. The Morgan fingerprint density at radius 1 is 1.40 bits per heavy atom. The maximum absolute atomic E-state index is 12.5. The Morgan fingerprint density at radius 3 is 2.95 bits per heavy atom. The Hall–Kier alpha value is -1.21. The molecule has 2 saturated heterocycles. The van der Waals surface area contributed by atoms with Crippen LogP contribution >= 0.6 is 28.6 Å². The van der Waals surface area contributed by atoms with Gasteiger partial charge in [0.15, 0.2) is 0 Å². The van der Waals surface area contributed by atoms with E-state index in [0.29, 0.717) is 36.6 Å². The number of benzene rings is 1. The number of carbonyl (C=O) groups excluding carboxylic acids is 2. The summed E-state index contributed by atoms with van der Waals surface area (Å²) in [6, 6.07) is 5.48. The maximum atomic E-state index is 12.5. The zero-order chi connectivity index (χ0) is 14.3. The second kappa shape index (κ2) is 5.29. The molecule has 2 heterocycles. The maximum Gasteiger partial charge on any atom is 0.317 e. The summed E-state index contributed by atoms with van der Waals surface area (Å²) in [5.74, 6) is -0.0264. The van der Waals surface area contributed by atoms with Gasteiger partial charge in [0.1, 0.15) is 0 Å². The van der Waals surface area contributed by atoms with Gasteiger partial charge in [0.05, 0.1) is 11.6 Å². The van der Waals surface area contributed by atoms with Crippen LogP contribution in [0, 0.1) is 0 Å². The number of piperazine rings is 1. The molecule has 0 bridgehead atoms. The van der Waals surface area contributed by atoms with Gasteiger partial charge in [-0.15, -0.1) is 12.6 Å². The lowest BCUT2D eigenvalue weighted by Gasteiger charge is -2.36. The first kappa shape index (κ1) is 13.8. The molecule has 20 heavy (non-hydrogen) atoms. The van der Waals surface area contributed by atoms with Gasteiger partial charge in [0.25, 0.3) is 5.91 Å². The Bertz CT molecular complexity index is 581. The van der Waals surface area contributed by atoms with E-state index in [4.69, 9.17) is 0 Å². The molecule has 1 aromatic rings. The van der Waals surface area contributed by atoms with Crippen LogP contribution in [0.15, 0.2) is 27.6 Å². The minimum absolute atomic E-state index is 0.0264. The van der Waals surface area contributed by atoms with E-state index in [9.17, 15) is 9.59 Å². The number of hydrogen-bond acceptors (Lipinski definition) is 3. The Labute approximate surface area is 130 Å². The van der Waals surface area contributed by atoms with Gasteiger partial charge in [0, 0.05) is 35.5 Å². The van der Waals surface area contributed by atoms with Gasteiger partial charge in [-0.1, -0.05) is 15.9 Å². The van der Waals surface area contributed by atoms with E-state index in [-0.39, 0.29) is 18.0 Å². The van der Waals surface area contributed by atoms with Crippen molar-refractivity contribution in [3.8, 4) is 0 Å². The summed E-state index contributed by atoms with van der Waals surface area (Å²) in [6.07, 6.45) is 0. The fourth-order valence-corrected chi connectivity index (χ4v) is 3.49. The predicted molar refractivity (Wildman–Crippen MR) is 81.2 cm³/mol. The molecule has 7 heteroatoms. The van der Waals surface area contributed by atoms with Gasteiger partial charge in [-0.3, -0.25) is 4.79 Å². The Morgan fingerprint density at radius 2 is 2.20 bits per heavy atom. The number of hydrogen-bond donors (Lipinski definition) is 2. The summed E-state index contributed by atoms with van der Waals surface area (Å²) in [5.41, 5.74) is 0.599. The minimum atomic E-state index is -0.0272. The zero-order valence-electron chi connectivity index (χ0n) is 10.7. The molecule has 1 aromatic carbocycles. The van der Waals surface area contributed by atoms with Crippen LogP contribution in [0.3, 0.4) is 0 Å². The van der Waals surface area contributed by atoms with E-state index in [0.717, 1.165) is 4.47 Å². The molecule has 1 atom stereocenters. The van der Waals surface area contributed by atoms with Crippen LogP contribution < -0.4 is 5.32 Å². The van der Waals surface area contributed by atoms with Gasteiger partial charge in [-0.05, 0) is 18.2 Å². The minimum Gasteiger partial charge on any atom is -0.336 e. The number of nitrogens with one attached hydrogen (secondary N) is 1. The molecular formula is C13H14BrN3O2S. The quantitative estimate of drug-likeness (QED) is 0.751. The normalized spacial score (nSPS) is 21.7. The second-order valence-corrected chi connectivity index (χ2v) is 6.34. The van der Waals surface area contributed by atoms with Crippen molar-refractivity contribution in [3.05, 3.63) is 28.2 Å². The van der Waals surface area contributed by atoms with Crippen molar-refractivity contribution in [2.45, 2.75) is 10.9 Å². The molecule has 2 aliphatic rings. The number of amides is 3. The summed E-state index contributed by atoms with van der Waals surface area (Å²) in [5, 5.41) is 2.81. The van der Waals surface area contributed by atoms with E-state index in [1.165, 1.54) is 0 Å². The Balaban J connectivity index is 1.77. The van der Waals surface area contributed by atoms with Gasteiger partial charge in [-0.25, -0.2) is 4.79 Å². The van der Waals surface area contributed by atoms with Gasteiger partial charge in [0.2, 0.25) is 0 Å². The van der Waals surface area contributed by atoms with Gasteiger partial charge < -0.3 is 15.1 Å². The number of nitrogens with zero attached hydrogens (tertiary/aromatic N) is 2. The topological polar surface area (TPSA) is 52.7 Å². The van der Waals surface area contributed by atoms with Crippen molar-refractivity contribution in [1.29, 1.82) is 0 Å². The predicted octanol–water partition coefficient (Wildman–Crippen LogP) is 1.59. The molecule has 106 valence electrons. The first-order valence-electron chi connectivity index (χ1n) is 6.38. The first-order chi connectivity index (χ1) is 9.56. The van der Waals surface area contributed by atoms with Crippen LogP contribution in [0.25, 0.3) is 0 Å². The van der Waals surface area contributed by atoms with E-state index in [1.54, 1.807) is 15.9 Å². The van der Waals surface area contributed by atoms with Crippen molar-refractivity contribution < 1.29 is 9.59 Å². The molecule has 3 rings (SSSR count). The molecule has 1 N–H and O–H groups in total. The number of rotatable bonds is 1. The van der Waals surface area contributed by atoms with Gasteiger partial charge >= 0.3 is 6.03 Å². The SMILES string of the molecule is O=C(c1ccc(Br)cc1S)N1CCN2C(=O)NCC2C1. The number of halogens is 1. The number of urea groups is 1. The summed E-state index contributed by atoms with van der Waals surface area (Å²) in [6.45, 7) is 2.32. The van der Waals surface area contributed by atoms with E-state index in [1.807, 2.05) is 12.1 Å². The number of carbonyl (C=O) groups is 2. The van der Waals surface area contributed by atoms with Crippen LogP contribution in [0.4, 0.5) is 4.79 Å². The van der Waals surface area contributed by atoms with Crippen molar-refractivity contribution in [3.63, 3.8) is 0 Å². The zero-order valence-corrected chi connectivity index (χ0v) is 13.2. The molecule has 0 saturated carbocycles. The summed E-state index contributed by atoms with van der Waals surface area (Å²) < 4.78 is 0.898. The lowest BCUT2D eigenvalue weighted by molar-refractivity contribution is 0.0613. The fraction of sp³-hybridized carbons (Fsp3) is 0.385. The average Bonchev–Trinajstić information content (AvgIpc) is 2.79. The van der Waals surface area contributed by atoms with Crippen LogP contribution in [-0.2, 0) is 0 Å². The molecule has 0 spiro atoms. The Kier molecular flexibility index (Phi) is 3.64. The third kappa shape index (κ3) is 2.40. The fourth-order valence-electron chi connectivity index (χ4n) is 2.64. The molecule has 0 aliphatic carbocycles. The third-order valence-corrected chi connectivity index (χ3v) is 4.57. The second-order valence-electron chi connectivity index (χ2n) is 4.95. The molecule has 1 unspecified atom stereocenters. The van der Waals surface area contributed by atoms with Crippen LogP contribution in [-0.4, -0.2) is 54.0 Å². The highest BCUT2D eigenvalue weighted by Crippen LogP contribution is 2.23. The molecule has 2 aliphatic heterocycles. The summed E-state index contributed by atoms with van der Waals surface area (Å²) in [4.78, 5) is 28.3. The highest BCUT2D eigenvalue weighted by atomic mass is 79.9. The third-order valence-electron chi connectivity index (χ3n) is 3.71. The van der Waals surface area contributed by atoms with Crippen molar-refractivity contribution >= 4 is 40.5 Å². The summed E-state index contributed by atoms with van der Waals surface area (Å²) >= 11 is 7.72. The molecular weight excluding hydrogens is 342 g/mol.